The topological polar surface area (TPSA) is 53.3 Å². The molecule has 0 N–H and O–H groups in total. The molecule has 23 heavy (non-hydrogen) atoms. The first-order chi connectivity index (χ1) is 11.0. The number of hydrogen-bond acceptors (Lipinski definition) is 4. The normalized spacial score (nSPS) is 17.7. The van der Waals surface area contributed by atoms with E-state index in [4.69, 9.17) is 4.84 Å². The number of hydroxylamine groups is 2. The Kier molecular flexibility index (Phi) is 5.92. The Balaban J connectivity index is 1.98. The lowest BCUT2D eigenvalue weighted by Gasteiger charge is -2.36. The van der Waals surface area contributed by atoms with Crippen molar-refractivity contribution in [3.8, 4) is 6.07 Å². The van der Waals surface area contributed by atoms with Crippen LogP contribution in [0.25, 0.3) is 0 Å². The van der Waals surface area contributed by atoms with Crippen molar-refractivity contribution in [3.05, 3.63) is 34.9 Å². The predicted molar refractivity (Wildman–Crippen MR) is 89.7 cm³/mol. The fourth-order valence-corrected chi connectivity index (χ4v) is 3.20. The lowest BCUT2D eigenvalue weighted by molar-refractivity contribution is -0.175. The van der Waals surface area contributed by atoms with Crippen molar-refractivity contribution in [2.45, 2.75) is 46.5 Å². The van der Waals surface area contributed by atoms with Gasteiger partial charge >= 0.3 is 0 Å². The lowest BCUT2D eigenvalue weighted by atomic mass is 9.75. The van der Waals surface area contributed by atoms with E-state index in [0.717, 1.165) is 24.2 Å². The molecule has 0 unspecified atom stereocenters. The molecule has 4 nitrogen and oxygen atoms in total. The molecule has 0 saturated carbocycles. The first-order valence-electron chi connectivity index (χ1n) is 8.35. The van der Waals surface area contributed by atoms with Gasteiger partial charge in [0.15, 0.2) is 0 Å². The molecule has 1 aromatic carbocycles. The van der Waals surface area contributed by atoms with Crippen molar-refractivity contribution in [2.24, 2.45) is 5.41 Å². The van der Waals surface area contributed by atoms with Crippen LogP contribution in [-0.4, -0.2) is 30.5 Å². The van der Waals surface area contributed by atoms with E-state index in [0.29, 0.717) is 32.3 Å². The van der Waals surface area contributed by atoms with Gasteiger partial charge in [-0.15, -0.1) is 0 Å². The van der Waals surface area contributed by atoms with Gasteiger partial charge in [0, 0.05) is 25.9 Å². The number of nitrogens with zero attached hydrogens (tertiary/aromatic N) is 2. The third-order valence-corrected chi connectivity index (χ3v) is 4.66. The van der Waals surface area contributed by atoms with Gasteiger partial charge in [0.1, 0.15) is 5.78 Å². The third kappa shape index (κ3) is 4.63. The van der Waals surface area contributed by atoms with E-state index in [2.05, 4.69) is 24.3 Å². The molecule has 1 fully saturated rings. The van der Waals surface area contributed by atoms with Crippen LogP contribution < -0.4 is 0 Å². The number of piperidine rings is 1. The third-order valence-electron chi connectivity index (χ3n) is 4.66. The monoisotopic (exact) mass is 314 g/mol. The van der Waals surface area contributed by atoms with Gasteiger partial charge in [0.05, 0.1) is 18.1 Å². The van der Waals surface area contributed by atoms with Crippen molar-refractivity contribution >= 4 is 5.78 Å². The van der Waals surface area contributed by atoms with Crippen LogP contribution in [0.5, 0.6) is 0 Å². The van der Waals surface area contributed by atoms with E-state index in [-0.39, 0.29) is 5.78 Å². The Bertz CT molecular complexity index is 596. The number of ketones is 1. The summed E-state index contributed by atoms with van der Waals surface area (Å²) in [5.41, 5.74) is 2.86. The predicted octanol–water partition coefficient (Wildman–Crippen LogP) is 3.36. The van der Waals surface area contributed by atoms with Gasteiger partial charge in [-0.05, 0) is 44.7 Å². The molecule has 1 aliphatic heterocycles. The highest BCUT2D eigenvalue weighted by Crippen LogP contribution is 2.35. The van der Waals surface area contributed by atoms with Crippen LogP contribution in [0.2, 0.25) is 0 Å². The summed E-state index contributed by atoms with van der Waals surface area (Å²) in [6.45, 7) is 8.11. The first kappa shape index (κ1) is 17.7. The highest BCUT2D eigenvalue weighted by atomic mass is 16.7. The number of Topliss-reactive ketones (excluding diaryl/α,β-unsaturated/α-hetero) is 1. The van der Waals surface area contributed by atoms with E-state index in [1.54, 1.807) is 0 Å². The lowest BCUT2D eigenvalue weighted by Crippen LogP contribution is -2.40. The number of hydrogen-bond donors (Lipinski definition) is 0. The average molecular weight is 314 g/mol. The Morgan fingerprint density at radius 2 is 2.04 bits per heavy atom. The van der Waals surface area contributed by atoms with Gasteiger partial charge in [-0.25, -0.2) is 0 Å². The molecule has 0 spiro atoms. The van der Waals surface area contributed by atoms with Crippen LogP contribution in [0.15, 0.2) is 18.2 Å². The second-order valence-corrected chi connectivity index (χ2v) is 6.56. The van der Waals surface area contributed by atoms with Gasteiger partial charge in [0.2, 0.25) is 0 Å². The molecular weight excluding hydrogens is 288 g/mol. The summed E-state index contributed by atoms with van der Waals surface area (Å²) < 4.78 is 0. The summed E-state index contributed by atoms with van der Waals surface area (Å²) in [4.78, 5) is 18.0. The molecule has 0 amide bonds. The molecule has 0 atom stereocenters. The van der Waals surface area contributed by atoms with Crippen LogP contribution in [0, 0.1) is 30.6 Å². The molecule has 0 radical (unpaired) electrons. The summed E-state index contributed by atoms with van der Waals surface area (Å²) in [5.74, 6) is 0.158. The molecule has 0 aliphatic carbocycles. The van der Waals surface area contributed by atoms with Crippen LogP contribution in [0.1, 0.15) is 42.9 Å². The minimum Gasteiger partial charge on any atom is -0.299 e. The Morgan fingerprint density at radius 1 is 1.35 bits per heavy atom. The molecule has 1 saturated heterocycles. The summed E-state index contributed by atoms with van der Waals surface area (Å²) in [6, 6.07) is 8.61. The number of carbonyl (C=O) groups is 1. The maximum Gasteiger partial charge on any atom is 0.138 e. The summed E-state index contributed by atoms with van der Waals surface area (Å²) in [7, 11) is 0. The minimum atomic E-state index is -0.525. The second-order valence-electron chi connectivity index (χ2n) is 6.56. The molecule has 1 aromatic rings. The number of rotatable bonds is 6. The highest BCUT2D eigenvalue weighted by Gasteiger charge is 2.37. The van der Waals surface area contributed by atoms with E-state index in [1.807, 2.05) is 25.8 Å². The Hall–Kier alpha value is -1.70. The van der Waals surface area contributed by atoms with Crippen molar-refractivity contribution in [1.29, 1.82) is 5.26 Å². The van der Waals surface area contributed by atoms with E-state index < -0.39 is 5.41 Å². The van der Waals surface area contributed by atoms with Crippen molar-refractivity contribution in [2.75, 3.05) is 19.7 Å². The molecule has 1 aliphatic rings. The summed E-state index contributed by atoms with van der Waals surface area (Å²) >= 11 is 0. The fourth-order valence-electron chi connectivity index (χ4n) is 3.20. The molecular formula is C19H26N2O2. The van der Waals surface area contributed by atoms with Crippen LogP contribution in [0.3, 0.4) is 0 Å². The van der Waals surface area contributed by atoms with Gasteiger partial charge in [-0.3, -0.25) is 9.63 Å². The van der Waals surface area contributed by atoms with Crippen LogP contribution in [-0.2, 0) is 16.1 Å². The van der Waals surface area contributed by atoms with Gasteiger partial charge in [-0.2, -0.15) is 10.3 Å². The highest BCUT2D eigenvalue weighted by molar-refractivity contribution is 5.82. The largest absolute Gasteiger partial charge is 0.299 e. The molecule has 0 aromatic heterocycles. The number of nitriles is 1. The van der Waals surface area contributed by atoms with Crippen LogP contribution in [0.4, 0.5) is 0 Å². The Labute approximate surface area is 139 Å². The zero-order valence-electron chi connectivity index (χ0n) is 14.4. The van der Waals surface area contributed by atoms with Gasteiger partial charge < -0.3 is 0 Å². The SMILES string of the molecule is CCON1CCC(C#N)(CC(=O)Cc2cc(C)ccc2C)CC1. The van der Waals surface area contributed by atoms with E-state index >= 15 is 0 Å². The van der Waals surface area contributed by atoms with Gasteiger partial charge in [0.25, 0.3) is 0 Å². The molecule has 2 rings (SSSR count). The van der Waals surface area contributed by atoms with Gasteiger partial charge in [-0.1, -0.05) is 23.8 Å². The molecule has 0 bridgehead atoms. The minimum absolute atomic E-state index is 0.158. The first-order valence-corrected chi connectivity index (χ1v) is 8.35. The van der Waals surface area contributed by atoms with E-state index in [9.17, 15) is 10.1 Å². The van der Waals surface area contributed by atoms with Crippen LogP contribution >= 0.6 is 0 Å². The smallest absolute Gasteiger partial charge is 0.138 e. The molecule has 1 heterocycles. The van der Waals surface area contributed by atoms with E-state index in [1.165, 1.54) is 5.56 Å². The number of carbonyl (C=O) groups excluding carboxylic acids is 1. The zero-order chi connectivity index (χ0) is 16.9. The number of aryl methyl sites for hydroxylation is 2. The maximum absolute atomic E-state index is 12.5. The quantitative estimate of drug-likeness (QED) is 0.808. The Morgan fingerprint density at radius 3 is 2.65 bits per heavy atom. The standard InChI is InChI=1S/C19H26N2O2/c1-4-23-21-9-7-19(14-20,8-10-21)13-18(22)12-17-11-15(2)5-6-16(17)3/h5-6,11H,4,7-10,12-13H2,1-3H3. The van der Waals surface area contributed by atoms with Crippen molar-refractivity contribution in [1.82, 2.24) is 5.06 Å². The molecule has 4 heteroatoms. The fraction of sp³-hybridized carbons (Fsp3) is 0.579. The summed E-state index contributed by atoms with van der Waals surface area (Å²) in [5, 5.41) is 11.5. The van der Waals surface area contributed by atoms with Crippen molar-refractivity contribution in [3.63, 3.8) is 0 Å². The average Bonchev–Trinajstić information content (AvgIpc) is 2.53. The van der Waals surface area contributed by atoms with Crippen molar-refractivity contribution < 1.29 is 9.63 Å². The zero-order valence-corrected chi connectivity index (χ0v) is 14.4. The second kappa shape index (κ2) is 7.72. The molecule has 124 valence electrons. The number of benzene rings is 1. The summed E-state index contributed by atoms with van der Waals surface area (Å²) in [6.07, 6.45) is 2.16. The maximum atomic E-state index is 12.5.